The van der Waals surface area contributed by atoms with Crippen molar-refractivity contribution in [3.8, 4) is 5.75 Å². The molecule has 35 heavy (non-hydrogen) atoms. The lowest BCUT2D eigenvalue weighted by Gasteiger charge is -2.11. The summed E-state index contributed by atoms with van der Waals surface area (Å²) in [5.41, 5.74) is 4.14. The summed E-state index contributed by atoms with van der Waals surface area (Å²) in [6.45, 7) is 8.32. The summed E-state index contributed by atoms with van der Waals surface area (Å²) >= 11 is 0. The molecule has 0 saturated carbocycles. The molecule has 2 aromatic heterocycles. The van der Waals surface area contributed by atoms with E-state index in [0.29, 0.717) is 49.4 Å². The van der Waals surface area contributed by atoms with E-state index in [0.717, 1.165) is 22.2 Å². The molecule has 0 aliphatic heterocycles. The second-order valence-corrected chi connectivity index (χ2v) is 10.7. The maximum absolute atomic E-state index is 13.7. The van der Waals surface area contributed by atoms with Gasteiger partial charge in [0.2, 0.25) is 0 Å². The molecular weight excluding hydrogens is 462 g/mol. The third-order valence-electron chi connectivity index (χ3n) is 6.13. The van der Waals surface area contributed by atoms with E-state index < -0.39 is 10.0 Å². The molecular formula is C27H31N3O4S. The number of carbonyl (C=O) groups excluding carboxylic acids is 1. The number of hydrogen-bond donors (Lipinski definition) is 0. The van der Waals surface area contributed by atoms with Crippen LogP contribution in [-0.2, 0) is 27.8 Å². The summed E-state index contributed by atoms with van der Waals surface area (Å²) < 4.78 is 36.6. The van der Waals surface area contributed by atoms with Gasteiger partial charge in [0.1, 0.15) is 18.1 Å². The van der Waals surface area contributed by atoms with E-state index in [4.69, 9.17) is 4.74 Å². The van der Waals surface area contributed by atoms with Crippen LogP contribution in [0.5, 0.6) is 5.75 Å². The molecule has 0 saturated heterocycles. The molecule has 0 bridgehead atoms. The predicted molar refractivity (Wildman–Crippen MR) is 137 cm³/mol. The first-order valence-electron chi connectivity index (χ1n) is 11.8. The highest BCUT2D eigenvalue weighted by Gasteiger charge is 2.25. The number of aromatic nitrogens is 3. The molecule has 4 aromatic rings. The number of ketones is 1. The average molecular weight is 494 g/mol. The third kappa shape index (κ3) is 5.32. The van der Waals surface area contributed by atoms with Crippen LogP contribution in [0, 0.1) is 20.8 Å². The zero-order valence-electron chi connectivity index (χ0n) is 20.6. The van der Waals surface area contributed by atoms with Gasteiger partial charge in [-0.1, -0.05) is 17.7 Å². The lowest BCUT2D eigenvalue weighted by atomic mass is 10.0. The van der Waals surface area contributed by atoms with E-state index in [2.05, 4.69) is 5.10 Å². The van der Waals surface area contributed by atoms with Crippen LogP contribution >= 0.6 is 0 Å². The fourth-order valence-electron chi connectivity index (χ4n) is 4.32. The van der Waals surface area contributed by atoms with Crippen LogP contribution in [0.4, 0.5) is 0 Å². The molecule has 0 aliphatic carbocycles. The maximum atomic E-state index is 13.7. The minimum absolute atomic E-state index is 0.122. The minimum atomic E-state index is -3.80. The Morgan fingerprint density at radius 2 is 1.77 bits per heavy atom. The second-order valence-electron chi connectivity index (χ2n) is 8.95. The van der Waals surface area contributed by atoms with Crippen LogP contribution < -0.4 is 4.74 Å². The van der Waals surface area contributed by atoms with Crippen molar-refractivity contribution < 1.29 is 17.9 Å². The van der Waals surface area contributed by atoms with Gasteiger partial charge in [-0.2, -0.15) is 5.10 Å². The van der Waals surface area contributed by atoms with Crippen molar-refractivity contribution in [2.24, 2.45) is 0 Å². The first-order valence-corrected chi connectivity index (χ1v) is 13.2. The van der Waals surface area contributed by atoms with Crippen molar-refractivity contribution in [1.29, 1.82) is 0 Å². The standard InChI is InChI=1S/C27H31N3O4S/c1-19-8-11-24(12-9-19)35(32,33)30-22(4)25(7-5-6-21(3)31)26-18-23(10-13-27(26)30)34-17-16-29-15-14-20(2)28-29/h8-15,18H,5-7,16-17H2,1-4H3. The van der Waals surface area contributed by atoms with Crippen molar-refractivity contribution >= 4 is 26.7 Å². The van der Waals surface area contributed by atoms with Gasteiger partial charge in [0.05, 0.1) is 22.7 Å². The van der Waals surface area contributed by atoms with Crippen molar-refractivity contribution in [1.82, 2.24) is 13.8 Å². The van der Waals surface area contributed by atoms with Crippen LogP contribution in [0.2, 0.25) is 0 Å². The number of fused-ring (bicyclic) bond motifs is 1. The number of aryl methyl sites for hydroxylation is 3. The third-order valence-corrected chi connectivity index (χ3v) is 7.95. The topological polar surface area (TPSA) is 83.2 Å². The molecule has 0 aliphatic rings. The number of hydrogen-bond acceptors (Lipinski definition) is 5. The van der Waals surface area contributed by atoms with Gasteiger partial charge in [-0.3, -0.25) is 4.68 Å². The Morgan fingerprint density at radius 1 is 1.03 bits per heavy atom. The number of carbonyl (C=O) groups is 1. The molecule has 0 fully saturated rings. The molecule has 184 valence electrons. The van der Waals surface area contributed by atoms with E-state index in [1.807, 2.05) is 43.8 Å². The summed E-state index contributed by atoms with van der Waals surface area (Å²) in [5, 5.41) is 5.20. The lowest BCUT2D eigenvalue weighted by molar-refractivity contribution is -0.117. The van der Waals surface area contributed by atoms with E-state index in [1.165, 1.54) is 3.97 Å². The molecule has 4 rings (SSSR count). The number of Topliss-reactive ketones (excluding diaryl/α,β-unsaturated/α-hetero) is 1. The molecule has 0 amide bonds. The van der Waals surface area contributed by atoms with E-state index in [1.54, 1.807) is 43.3 Å². The highest BCUT2D eigenvalue weighted by molar-refractivity contribution is 7.90. The first-order chi connectivity index (χ1) is 16.7. The monoisotopic (exact) mass is 493 g/mol. The van der Waals surface area contributed by atoms with Crippen molar-refractivity contribution in [2.45, 2.75) is 58.4 Å². The molecule has 7 nitrogen and oxygen atoms in total. The quantitative estimate of drug-likeness (QED) is 0.311. The van der Waals surface area contributed by atoms with E-state index in [-0.39, 0.29) is 10.7 Å². The van der Waals surface area contributed by atoms with Gasteiger partial charge in [0, 0.05) is 23.7 Å². The van der Waals surface area contributed by atoms with Crippen LogP contribution in [0.3, 0.4) is 0 Å². The molecule has 8 heteroatoms. The van der Waals surface area contributed by atoms with Gasteiger partial charge in [0.25, 0.3) is 10.0 Å². The van der Waals surface area contributed by atoms with Gasteiger partial charge >= 0.3 is 0 Å². The van der Waals surface area contributed by atoms with Gasteiger partial charge in [-0.15, -0.1) is 0 Å². The smallest absolute Gasteiger partial charge is 0.268 e. The molecule has 0 radical (unpaired) electrons. The Balaban J connectivity index is 1.71. The maximum Gasteiger partial charge on any atom is 0.268 e. The number of benzene rings is 2. The Hall–Kier alpha value is -3.39. The Labute approximate surface area is 206 Å². The fourth-order valence-corrected chi connectivity index (χ4v) is 5.90. The highest BCUT2D eigenvalue weighted by Crippen LogP contribution is 2.33. The zero-order chi connectivity index (χ0) is 25.2. The van der Waals surface area contributed by atoms with Crippen LogP contribution in [0.1, 0.15) is 42.3 Å². The fraction of sp³-hybridized carbons (Fsp3) is 0.333. The first kappa shape index (κ1) is 24.7. The van der Waals surface area contributed by atoms with Crippen molar-refractivity contribution in [3.63, 3.8) is 0 Å². The summed E-state index contributed by atoms with van der Waals surface area (Å²) in [7, 11) is -3.80. The van der Waals surface area contributed by atoms with Crippen LogP contribution in [-0.4, -0.2) is 34.6 Å². The van der Waals surface area contributed by atoms with Crippen molar-refractivity contribution in [2.75, 3.05) is 6.61 Å². The van der Waals surface area contributed by atoms with Crippen LogP contribution in [0.15, 0.2) is 59.6 Å². The van der Waals surface area contributed by atoms with E-state index in [9.17, 15) is 13.2 Å². The van der Waals surface area contributed by atoms with E-state index >= 15 is 0 Å². The number of rotatable bonds is 10. The summed E-state index contributed by atoms with van der Waals surface area (Å²) in [5.74, 6) is 0.788. The molecule has 0 spiro atoms. The molecule has 0 unspecified atom stereocenters. The van der Waals surface area contributed by atoms with Gasteiger partial charge in [-0.25, -0.2) is 12.4 Å². The second kappa shape index (κ2) is 10.1. The Morgan fingerprint density at radius 3 is 2.43 bits per heavy atom. The molecule has 0 N–H and O–H groups in total. The van der Waals surface area contributed by atoms with Gasteiger partial charge in [-0.05, 0) is 82.5 Å². The average Bonchev–Trinajstić information content (AvgIpc) is 3.34. The Kier molecular flexibility index (Phi) is 7.12. The zero-order valence-corrected chi connectivity index (χ0v) is 21.4. The summed E-state index contributed by atoms with van der Waals surface area (Å²) in [6, 6.07) is 14.3. The molecule has 0 atom stereocenters. The molecule has 2 aromatic carbocycles. The summed E-state index contributed by atoms with van der Waals surface area (Å²) in [6.07, 6.45) is 3.63. The minimum Gasteiger partial charge on any atom is -0.492 e. The SMILES string of the molecule is CC(=O)CCCc1c(C)n(S(=O)(=O)c2ccc(C)cc2)c2ccc(OCCn3ccc(C)n3)cc12. The van der Waals surface area contributed by atoms with Gasteiger partial charge < -0.3 is 9.53 Å². The normalized spacial score (nSPS) is 11.8. The Bertz CT molecular complexity index is 1460. The number of nitrogens with zero attached hydrogens (tertiary/aromatic N) is 3. The lowest BCUT2D eigenvalue weighted by Crippen LogP contribution is -2.14. The molecule has 2 heterocycles. The van der Waals surface area contributed by atoms with Crippen molar-refractivity contribution in [3.05, 3.63) is 77.2 Å². The largest absolute Gasteiger partial charge is 0.492 e. The van der Waals surface area contributed by atoms with Gasteiger partial charge in [0.15, 0.2) is 0 Å². The highest BCUT2D eigenvalue weighted by atomic mass is 32.2. The van der Waals surface area contributed by atoms with Crippen LogP contribution in [0.25, 0.3) is 10.9 Å². The predicted octanol–water partition coefficient (Wildman–Crippen LogP) is 4.99. The number of ether oxygens (including phenoxy) is 1. The summed E-state index contributed by atoms with van der Waals surface area (Å²) in [4.78, 5) is 11.8.